The summed E-state index contributed by atoms with van der Waals surface area (Å²) in [5, 5.41) is 12.1. The highest BCUT2D eigenvalue weighted by Crippen LogP contribution is 2.36. The zero-order chi connectivity index (χ0) is 25.5. The van der Waals surface area contributed by atoms with Crippen LogP contribution in [0.2, 0.25) is 0 Å². The average molecular weight is 498 g/mol. The number of carbonyl (C=O) groups is 3. The lowest BCUT2D eigenvalue weighted by atomic mass is 9.79. The quantitative estimate of drug-likeness (QED) is 0.507. The van der Waals surface area contributed by atoms with Gasteiger partial charge in [-0.2, -0.15) is 0 Å². The number of hydrogen-bond donors (Lipinski definition) is 2. The molecule has 1 unspecified atom stereocenters. The lowest BCUT2D eigenvalue weighted by Gasteiger charge is -2.52. The summed E-state index contributed by atoms with van der Waals surface area (Å²) in [5.74, 6) is -0.0345. The third-order valence-corrected chi connectivity index (χ3v) is 8.58. The first kappa shape index (κ1) is 26.6. The van der Waals surface area contributed by atoms with E-state index in [2.05, 4.69) is 29.3 Å². The second-order valence-electron chi connectivity index (χ2n) is 11.1. The molecular weight excluding hydrogens is 454 g/mol. The monoisotopic (exact) mass is 497 g/mol. The van der Waals surface area contributed by atoms with Crippen molar-refractivity contribution in [1.29, 1.82) is 0 Å². The normalized spacial score (nSPS) is 23.1. The summed E-state index contributed by atoms with van der Waals surface area (Å²) in [4.78, 5) is 42.4. The van der Waals surface area contributed by atoms with E-state index in [0.29, 0.717) is 31.7 Å². The molecule has 198 valence electrons. The van der Waals surface area contributed by atoms with E-state index in [0.717, 1.165) is 44.5 Å². The van der Waals surface area contributed by atoms with Gasteiger partial charge in [0.25, 0.3) is 0 Å². The predicted molar refractivity (Wildman–Crippen MR) is 139 cm³/mol. The summed E-state index contributed by atoms with van der Waals surface area (Å²) in [6, 6.07) is 7.80. The van der Waals surface area contributed by atoms with Crippen molar-refractivity contribution < 1.29 is 19.5 Å². The molecule has 1 aromatic carbocycles. The van der Waals surface area contributed by atoms with Crippen LogP contribution in [0.1, 0.15) is 88.7 Å². The van der Waals surface area contributed by atoms with Crippen LogP contribution in [0.4, 0.5) is 0 Å². The summed E-state index contributed by atoms with van der Waals surface area (Å²) in [5.41, 5.74) is 1.50. The average Bonchev–Trinajstić information content (AvgIpc) is 2.88. The van der Waals surface area contributed by atoms with Gasteiger partial charge in [-0.25, -0.2) is 0 Å². The van der Waals surface area contributed by atoms with Gasteiger partial charge >= 0.3 is 5.97 Å². The van der Waals surface area contributed by atoms with E-state index < -0.39 is 11.5 Å². The lowest BCUT2D eigenvalue weighted by Crippen LogP contribution is -2.73. The van der Waals surface area contributed by atoms with Gasteiger partial charge in [0.15, 0.2) is 0 Å². The molecule has 1 aliphatic carbocycles. The SMILES string of the molecule is CCCCN1C(=O)C(CC2CCCCC2)NC(=O)C12CCN(Cc1ccc(CCC(=O)O)cc1)CC2. The third-order valence-electron chi connectivity index (χ3n) is 8.58. The summed E-state index contributed by atoms with van der Waals surface area (Å²) < 4.78 is 0. The fourth-order valence-electron chi connectivity index (χ4n) is 6.33. The maximum atomic E-state index is 13.7. The van der Waals surface area contributed by atoms with Gasteiger partial charge in [-0.05, 0) is 49.1 Å². The third kappa shape index (κ3) is 6.28. The second-order valence-corrected chi connectivity index (χ2v) is 11.1. The first-order valence-corrected chi connectivity index (χ1v) is 14.1. The Morgan fingerprint density at radius 2 is 1.72 bits per heavy atom. The molecule has 1 spiro atoms. The van der Waals surface area contributed by atoms with E-state index in [1.54, 1.807) is 0 Å². The maximum absolute atomic E-state index is 13.7. The highest BCUT2D eigenvalue weighted by molar-refractivity contribution is 6.00. The molecule has 7 nitrogen and oxygen atoms in total. The van der Waals surface area contributed by atoms with Gasteiger partial charge in [0.05, 0.1) is 0 Å². The van der Waals surface area contributed by atoms with Gasteiger partial charge in [0.1, 0.15) is 11.6 Å². The van der Waals surface area contributed by atoms with E-state index in [1.165, 1.54) is 37.7 Å². The number of hydrogen-bond acceptors (Lipinski definition) is 4. The highest BCUT2D eigenvalue weighted by atomic mass is 16.4. The number of nitrogens with one attached hydrogen (secondary N) is 1. The van der Waals surface area contributed by atoms with Crippen LogP contribution in [0, 0.1) is 5.92 Å². The number of piperidine rings is 1. The predicted octanol–water partition coefficient (Wildman–Crippen LogP) is 4.14. The van der Waals surface area contributed by atoms with Crippen LogP contribution >= 0.6 is 0 Å². The Labute approximate surface area is 215 Å². The van der Waals surface area contributed by atoms with Crippen molar-refractivity contribution in [2.75, 3.05) is 19.6 Å². The van der Waals surface area contributed by atoms with Crippen LogP contribution < -0.4 is 5.32 Å². The van der Waals surface area contributed by atoms with Gasteiger partial charge in [-0.15, -0.1) is 0 Å². The molecule has 1 atom stereocenters. The van der Waals surface area contributed by atoms with Crippen molar-refractivity contribution in [2.24, 2.45) is 5.92 Å². The molecule has 1 saturated carbocycles. The Kier molecular flexibility index (Phi) is 9.04. The van der Waals surface area contributed by atoms with Crippen molar-refractivity contribution in [3.8, 4) is 0 Å². The van der Waals surface area contributed by atoms with Crippen molar-refractivity contribution >= 4 is 17.8 Å². The maximum Gasteiger partial charge on any atom is 0.303 e. The fourth-order valence-corrected chi connectivity index (χ4v) is 6.33. The van der Waals surface area contributed by atoms with Gasteiger partial charge in [0, 0.05) is 32.6 Å². The van der Waals surface area contributed by atoms with Crippen LogP contribution in [0.3, 0.4) is 0 Å². The molecule has 2 amide bonds. The van der Waals surface area contributed by atoms with Gasteiger partial charge in [-0.3, -0.25) is 19.3 Å². The first-order chi connectivity index (χ1) is 17.4. The van der Waals surface area contributed by atoms with E-state index >= 15 is 0 Å². The molecule has 3 aliphatic rings. The molecule has 2 aliphatic heterocycles. The highest BCUT2D eigenvalue weighted by Gasteiger charge is 2.53. The minimum absolute atomic E-state index is 0.0569. The minimum Gasteiger partial charge on any atom is -0.481 e. The summed E-state index contributed by atoms with van der Waals surface area (Å²) in [6.45, 7) is 5.15. The Morgan fingerprint density at radius 1 is 1.06 bits per heavy atom. The standard InChI is InChI=1S/C29H43N3O4/c1-2-3-17-32-27(35)25(20-23-7-5-4-6-8-23)30-28(36)29(32)15-18-31(19-16-29)21-24-11-9-22(10-12-24)13-14-26(33)34/h9-12,23,25H,2-8,13-21H2,1H3,(H,30,36)(H,33,34). The number of amides is 2. The molecule has 2 N–H and O–H groups in total. The number of rotatable bonds is 10. The number of carbonyl (C=O) groups excluding carboxylic acids is 2. The number of likely N-dealkylation sites (tertiary alicyclic amines) is 1. The van der Waals surface area contributed by atoms with E-state index in [4.69, 9.17) is 5.11 Å². The Bertz CT molecular complexity index is 902. The molecule has 7 heteroatoms. The van der Waals surface area contributed by atoms with Gasteiger partial charge < -0.3 is 15.3 Å². The molecule has 2 heterocycles. The van der Waals surface area contributed by atoms with Crippen LogP contribution in [0.15, 0.2) is 24.3 Å². The molecular formula is C29H43N3O4. The Balaban J connectivity index is 1.38. The summed E-state index contributed by atoms with van der Waals surface area (Å²) in [7, 11) is 0. The topological polar surface area (TPSA) is 90.0 Å². The number of benzene rings is 1. The fraction of sp³-hybridized carbons (Fsp3) is 0.690. The number of nitrogens with zero attached hydrogens (tertiary/aromatic N) is 2. The van der Waals surface area contributed by atoms with Gasteiger partial charge in [0.2, 0.25) is 11.8 Å². The number of piperazine rings is 1. The number of carboxylic acid groups (broad SMARTS) is 1. The van der Waals surface area contributed by atoms with E-state index in [9.17, 15) is 14.4 Å². The molecule has 1 aromatic rings. The van der Waals surface area contributed by atoms with Crippen LogP contribution in [0.25, 0.3) is 0 Å². The van der Waals surface area contributed by atoms with E-state index in [1.807, 2.05) is 17.0 Å². The molecule has 2 saturated heterocycles. The van der Waals surface area contributed by atoms with Gasteiger partial charge in [-0.1, -0.05) is 69.7 Å². The number of unbranched alkanes of at least 4 members (excludes halogenated alkanes) is 1. The summed E-state index contributed by atoms with van der Waals surface area (Å²) >= 11 is 0. The second kappa shape index (κ2) is 12.2. The van der Waals surface area contributed by atoms with Crippen molar-refractivity contribution in [1.82, 2.24) is 15.1 Å². The number of aryl methyl sites for hydroxylation is 1. The molecule has 0 radical (unpaired) electrons. The lowest BCUT2D eigenvalue weighted by molar-refractivity contribution is -0.162. The number of aliphatic carboxylic acids is 1. The molecule has 0 aromatic heterocycles. The Hall–Kier alpha value is -2.41. The van der Waals surface area contributed by atoms with Crippen LogP contribution in [-0.2, 0) is 27.3 Å². The minimum atomic E-state index is -0.778. The zero-order valence-corrected chi connectivity index (χ0v) is 21.8. The number of carboxylic acids is 1. The Morgan fingerprint density at radius 3 is 2.36 bits per heavy atom. The molecule has 3 fully saturated rings. The smallest absolute Gasteiger partial charge is 0.303 e. The molecule has 36 heavy (non-hydrogen) atoms. The van der Waals surface area contributed by atoms with E-state index in [-0.39, 0.29) is 24.3 Å². The molecule has 4 rings (SSSR count). The molecule has 0 bridgehead atoms. The zero-order valence-electron chi connectivity index (χ0n) is 21.8. The van der Waals surface area contributed by atoms with Crippen molar-refractivity contribution in [3.63, 3.8) is 0 Å². The van der Waals surface area contributed by atoms with Crippen molar-refractivity contribution in [3.05, 3.63) is 35.4 Å². The van der Waals surface area contributed by atoms with Crippen molar-refractivity contribution in [2.45, 2.75) is 102 Å². The van der Waals surface area contributed by atoms with Crippen LogP contribution in [0.5, 0.6) is 0 Å². The largest absolute Gasteiger partial charge is 0.481 e. The first-order valence-electron chi connectivity index (χ1n) is 14.1. The van der Waals surface area contributed by atoms with Crippen LogP contribution in [-0.4, -0.2) is 63.9 Å². The summed E-state index contributed by atoms with van der Waals surface area (Å²) in [6.07, 6.45) is 10.9.